The van der Waals surface area contributed by atoms with Gasteiger partial charge in [0.15, 0.2) is 0 Å². The van der Waals surface area contributed by atoms with E-state index in [1.807, 2.05) is 61.5 Å². The predicted molar refractivity (Wildman–Crippen MR) is 170 cm³/mol. The summed E-state index contributed by atoms with van der Waals surface area (Å²) in [5, 5.41) is 3.00. The van der Waals surface area contributed by atoms with Crippen molar-refractivity contribution in [3.8, 4) is 0 Å². The molecule has 0 radical (unpaired) electrons. The van der Waals surface area contributed by atoms with Crippen LogP contribution in [-0.4, -0.2) is 44.8 Å². The van der Waals surface area contributed by atoms with Gasteiger partial charge in [0.1, 0.15) is 12.6 Å². The fraction of sp³-hybridized carbons (Fsp3) is 0.188. The molecule has 1 N–H and O–H groups in total. The highest BCUT2D eigenvalue weighted by molar-refractivity contribution is 9.10. The van der Waals surface area contributed by atoms with Crippen molar-refractivity contribution in [3.63, 3.8) is 0 Å². The number of nitrogens with one attached hydrogen (secondary N) is 1. The fourth-order valence-corrected chi connectivity index (χ4v) is 6.59. The minimum Gasteiger partial charge on any atom is -0.357 e. The molecular formula is C32H31BrClN3O4S. The second-order valence-corrected chi connectivity index (χ2v) is 13.0. The Morgan fingerprint density at radius 3 is 2.19 bits per heavy atom. The molecule has 0 fully saturated rings. The zero-order valence-electron chi connectivity index (χ0n) is 23.2. The smallest absolute Gasteiger partial charge is 0.264 e. The van der Waals surface area contributed by atoms with E-state index in [0.29, 0.717) is 5.02 Å². The zero-order valence-corrected chi connectivity index (χ0v) is 26.4. The molecule has 0 spiro atoms. The summed E-state index contributed by atoms with van der Waals surface area (Å²) in [4.78, 5) is 29.1. The van der Waals surface area contributed by atoms with Crippen molar-refractivity contribution < 1.29 is 18.0 Å². The Labute approximate surface area is 260 Å². The van der Waals surface area contributed by atoms with E-state index in [-0.39, 0.29) is 29.5 Å². The van der Waals surface area contributed by atoms with Gasteiger partial charge in [-0.3, -0.25) is 13.9 Å². The van der Waals surface area contributed by atoms with Gasteiger partial charge in [0, 0.05) is 29.5 Å². The quantitative estimate of drug-likeness (QED) is 0.213. The van der Waals surface area contributed by atoms with Crippen molar-refractivity contribution in [2.24, 2.45) is 0 Å². The molecule has 1 atom stereocenters. The zero-order chi connectivity index (χ0) is 30.3. The molecule has 4 rings (SSSR count). The summed E-state index contributed by atoms with van der Waals surface area (Å²) in [7, 11) is -2.67. The van der Waals surface area contributed by atoms with Gasteiger partial charge in [-0.05, 0) is 60.5 Å². The van der Waals surface area contributed by atoms with Crippen LogP contribution < -0.4 is 9.62 Å². The van der Waals surface area contributed by atoms with Gasteiger partial charge in [0.05, 0.1) is 10.6 Å². The van der Waals surface area contributed by atoms with Crippen molar-refractivity contribution in [1.82, 2.24) is 10.2 Å². The summed E-state index contributed by atoms with van der Waals surface area (Å²) < 4.78 is 29.8. The fourth-order valence-electron chi connectivity index (χ4n) is 4.55. The lowest BCUT2D eigenvalue weighted by Gasteiger charge is -2.33. The second kappa shape index (κ2) is 14.0. The van der Waals surface area contributed by atoms with Crippen molar-refractivity contribution in [2.45, 2.75) is 30.8 Å². The molecule has 4 aromatic carbocycles. The van der Waals surface area contributed by atoms with E-state index in [1.54, 1.807) is 30.3 Å². The molecule has 0 aromatic heterocycles. The third kappa shape index (κ3) is 7.79. The Kier molecular flexibility index (Phi) is 10.4. The van der Waals surface area contributed by atoms with Crippen molar-refractivity contribution in [1.29, 1.82) is 0 Å². The van der Waals surface area contributed by atoms with Crippen LogP contribution in [0.15, 0.2) is 112 Å². The summed E-state index contributed by atoms with van der Waals surface area (Å²) in [5.74, 6) is -0.909. The van der Waals surface area contributed by atoms with Gasteiger partial charge in [-0.1, -0.05) is 93.8 Å². The average molecular weight is 669 g/mol. The SMILES string of the molecule is CNC(=O)[C@H](Cc1ccccc1)N(Cc1cccc(Br)c1)C(=O)CN(c1cccc(Cl)c1)S(=O)(=O)c1ccc(C)cc1. The van der Waals surface area contributed by atoms with Crippen LogP contribution in [0, 0.1) is 6.92 Å². The third-order valence-electron chi connectivity index (χ3n) is 6.74. The van der Waals surface area contributed by atoms with Crippen LogP contribution in [0.5, 0.6) is 0 Å². The van der Waals surface area contributed by atoms with Crippen LogP contribution in [0.4, 0.5) is 5.69 Å². The Bertz CT molecular complexity index is 1650. The van der Waals surface area contributed by atoms with Crippen LogP contribution in [0.3, 0.4) is 0 Å². The number of aryl methyl sites for hydroxylation is 1. The molecule has 0 saturated carbocycles. The normalized spacial score (nSPS) is 11.9. The predicted octanol–water partition coefficient (Wildman–Crippen LogP) is 5.99. The molecule has 218 valence electrons. The van der Waals surface area contributed by atoms with E-state index >= 15 is 0 Å². The van der Waals surface area contributed by atoms with Crippen molar-refractivity contribution in [3.05, 3.63) is 129 Å². The number of amides is 2. The first-order valence-corrected chi connectivity index (χ1v) is 15.8. The maximum atomic E-state index is 14.3. The lowest BCUT2D eigenvalue weighted by molar-refractivity contribution is -0.139. The number of sulfonamides is 1. The topological polar surface area (TPSA) is 86.8 Å². The molecule has 4 aromatic rings. The number of halogens is 2. The van der Waals surface area contributed by atoms with Crippen molar-refractivity contribution in [2.75, 3.05) is 17.9 Å². The highest BCUT2D eigenvalue weighted by atomic mass is 79.9. The minimum absolute atomic E-state index is 0.0338. The molecule has 0 bridgehead atoms. The highest BCUT2D eigenvalue weighted by Crippen LogP contribution is 2.27. The molecule has 7 nitrogen and oxygen atoms in total. The lowest BCUT2D eigenvalue weighted by Crippen LogP contribution is -2.53. The monoisotopic (exact) mass is 667 g/mol. The Morgan fingerprint density at radius 2 is 1.55 bits per heavy atom. The summed E-state index contributed by atoms with van der Waals surface area (Å²) in [6.07, 6.45) is 0.238. The van der Waals surface area contributed by atoms with E-state index in [4.69, 9.17) is 11.6 Å². The largest absolute Gasteiger partial charge is 0.357 e. The van der Waals surface area contributed by atoms with Gasteiger partial charge < -0.3 is 10.2 Å². The third-order valence-corrected chi connectivity index (χ3v) is 9.26. The molecule has 0 aliphatic rings. The maximum absolute atomic E-state index is 14.3. The van der Waals surface area contributed by atoms with Gasteiger partial charge >= 0.3 is 0 Å². The van der Waals surface area contributed by atoms with E-state index in [9.17, 15) is 18.0 Å². The Balaban J connectivity index is 1.79. The van der Waals surface area contributed by atoms with Crippen LogP contribution in [0.25, 0.3) is 0 Å². The van der Waals surface area contributed by atoms with Crippen molar-refractivity contribution >= 4 is 55.1 Å². The molecule has 0 saturated heterocycles. The Hall–Kier alpha value is -3.66. The van der Waals surface area contributed by atoms with E-state index in [2.05, 4.69) is 21.2 Å². The molecule has 2 amide bonds. The van der Waals surface area contributed by atoms with Crippen LogP contribution in [0.1, 0.15) is 16.7 Å². The highest BCUT2D eigenvalue weighted by Gasteiger charge is 2.34. The summed E-state index contributed by atoms with van der Waals surface area (Å²) in [6.45, 7) is 1.39. The summed E-state index contributed by atoms with van der Waals surface area (Å²) in [6, 6.07) is 28.7. The standard InChI is InChI=1S/C32H31BrClN3O4S/c1-23-14-16-29(17-15-23)42(40,41)37(28-13-7-12-27(34)20-28)22-31(38)36(21-25-10-6-11-26(33)18-25)30(32(39)35-2)19-24-8-4-3-5-9-24/h3-18,20,30H,19,21-22H2,1-2H3,(H,35,39)/t30-/m0/s1. The molecule has 0 heterocycles. The molecule has 10 heteroatoms. The number of benzene rings is 4. The number of likely N-dealkylation sites (N-methyl/N-ethyl adjacent to an activating group) is 1. The molecule has 0 aliphatic carbocycles. The van der Waals surface area contributed by atoms with Gasteiger partial charge in [0.2, 0.25) is 11.8 Å². The second-order valence-electron chi connectivity index (χ2n) is 9.78. The average Bonchev–Trinajstić information content (AvgIpc) is 2.98. The lowest BCUT2D eigenvalue weighted by atomic mass is 10.0. The molecular weight excluding hydrogens is 638 g/mol. The van der Waals surface area contributed by atoms with Gasteiger partial charge in [-0.15, -0.1) is 0 Å². The van der Waals surface area contributed by atoms with E-state index < -0.39 is 28.5 Å². The van der Waals surface area contributed by atoms with E-state index in [1.165, 1.54) is 30.1 Å². The molecule has 0 unspecified atom stereocenters. The number of nitrogens with zero attached hydrogens (tertiary/aromatic N) is 2. The minimum atomic E-state index is -4.19. The number of hydrogen-bond acceptors (Lipinski definition) is 4. The number of carbonyl (C=O) groups excluding carboxylic acids is 2. The number of hydrogen-bond donors (Lipinski definition) is 1. The first-order valence-electron chi connectivity index (χ1n) is 13.2. The number of carbonyl (C=O) groups is 2. The molecule has 42 heavy (non-hydrogen) atoms. The number of anilines is 1. The van der Waals surface area contributed by atoms with E-state index in [0.717, 1.165) is 25.5 Å². The molecule has 0 aliphatic heterocycles. The van der Waals surface area contributed by atoms with Crippen LogP contribution >= 0.6 is 27.5 Å². The summed E-state index contributed by atoms with van der Waals surface area (Å²) in [5.41, 5.74) is 2.76. The number of rotatable bonds is 11. The van der Waals surface area contributed by atoms with Gasteiger partial charge in [-0.25, -0.2) is 8.42 Å². The first-order chi connectivity index (χ1) is 20.1. The van der Waals surface area contributed by atoms with Gasteiger partial charge in [-0.2, -0.15) is 0 Å². The Morgan fingerprint density at radius 1 is 0.881 bits per heavy atom. The van der Waals surface area contributed by atoms with Crippen LogP contribution in [-0.2, 0) is 32.6 Å². The van der Waals surface area contributed by atoms with Gasteiger partial charge in [0.25, 0.3) is 10.0 Å². The maximum Gasteiger partial charge on any atom is 0.264 e. The van der Waals surface area contributed by atoms with Crippen LogP contribution in [0.2, 0.25) is 5.02 Å². The first kappa shape index (κ1) is 31.3. The summed E-state index contributed by atoms with van der Waals surface area (Å²) >= 11 is 9.73.